The minimum Gasteiger partial charge on any atom is -0.502 e. The molecule has 0 spiro atoms. The van der Waals surface area contributed by atoms with Crippen molar-refractivity contribution in [1.29, 1.82) is 0 Å². The van der Waals surface area contributed by atoms with Gasteiger partial charge in [-0.25, -0.2) is 0 Å². The maximum absolute atomic E-state index is 13.1. The Morgan fingerprint density at radius 3 is 2.58 bits per heavy atom. The molecule has 1 aliphatic rings. The molecule has 2 aromatic carbocycles. The van der Waals surface area contributed by atoms with Crippen LogP contribution in [0.2, 0.25) is 0 Å². The van der Waals surface area contributed by atoms with Gasteiger partial charge in [-0.2, -0.15) is 0 Å². The lowest BCUT2D eigenvalue weighted by Gasteiger charge is -2.32. The minimum atomic E-state index is -0.606. The Morgan fingerprint density at radius 1 is 1.13 bits per heavy atom. The molecule has 1 unspecified atom stereocenters. The lowest BCUT2D eigenvalue weighted by atomic mass is 10.0. The van der Waals surface area contributed by atoms with E-state index in [1.54, 1.807) is 31.3 Å². The number of hydrogen-bond acceptors (Lipinski definition) is 5. The monoisotopic (exact) mass is 421 g/mol. The van der Waals surface area contributed by atoms with E-state index in [9.17, 15) is 19.8 Å². The highest BCUT2D eigenvalue weighted by Crippen LogP contribution is 2.26. The van der Waals surface area contributed by atoms with E-state index in [-0.39, 0.29) is 17.7 Å². The van der Waals surface area contributed by atoms with Crippen molar-refractivity contribution in [3.05, 3.63) is 70.0 Å². The molecule has 162 valence electrons. The van der Waals surface area contributed by atoms with Crippen LogP contribution in [0.4, 0.5) is 5.69 Å². The van der Waals surface area contributed by atoms with Crippen molar-refractivity contribution in [2.45, 2.75) is 31.9 Å². The molecule has 7 nitrogen and oxygen atoms in total. The average molecular weight is 421 g/mol. The summed E-state index contributed by atoms with van der Waals surface area (Å²) >= 11 is 0. The van der Waals surface area contributed by atoms with E-state index < -0.39 is 17.2 Å². The molecule has 1 aromatic heterocycles. The second-order valence-corrected chi connectivity index (χ2v) is 8.11. The maximum atomic E-state index is 13.1. The third kappa shape index (κ3) is 4.01. The van der Waals surface area contributed by atoms with Crippen LogP contribution in [0.3, 0.4) is 0 Å². The van der Waals surface area contributed by atoms with E-state index >= 15 is 0 Å². The van der Waals surface area contributed by atoms with Crippen molar-refractivity contribution in [3.63, 3.8) is 0 Å². The quantitative estimate of drug-likeness (QED) is 0.602. The van der Waals surface area contributed by atoms with Crippen molar-refractivity contribution in [2.24, 2.45) is 7.05 Å². The Balaban J connectivity index is 1.60. The number of anilines is 1. The number of fused-ring (bicyclic) bond motifs is 1. The first-order valence-electron chi connectivity index (χ1n) is 10.5. The number of piperidine rings is 1. The number of amides is 1. The summed E-state index contributed by atoms with van der Waals surface area (Å²) in [5.41, 5.74) is 1.94. The molecule has 2 heterocycles. The number of rotatable bonds is 4. The van der Waals surface area contributed by atoms with Gasteiger partial charge in [0.05, 0.1) is 23.2 Å². The summed E-state index contributed by atoms with van der Waals surface area (Å²) in [7, 11) is 1.57. The molecule has 0 bridgehead atoms. The zero-order valence-corrected chi connectivity index (χ0v) is 17.7. The molecule has 1 fully saturated rings. The molecule has 3 aromatic rings. The summed E-state index contributed by atoms with van der Waals surface area (Å²) in [4.78, 5) is 27.7. The molecule has 0 aliphatic carbocycles. The van der Waals surface area contributed by atoms with Gasteiger partial charge in [-0.1, -0.05) is 30.3 Å². The molecule has 1 atom stereocenters. The predicted octanol–water partition coefficient (Wildman–Crippen LogP) is 2.70. The lowest BCUT2D eigenvalue weighted by molar-refractivity contribution is 0.0938. The van der Waals surface area contributed by atoms with Crippen LogP contribution in [-0.2, 0) is 7.05 Å². The van der Waals surface area contributed by atoms with Gasteiger partial charge in [-0.3, -0.25) is 9.59 Å². The number of carbonyl (C=O) groups excluding carboxylic acids is 1. The molecular formula is C24H27N3O4. The summed E-state index contributed by atoms with van der Waals surface area (Å²) in [5.74, 6) is -1.04. The van der Waals surface area contributed by atoms with Crippen LogP contribution in [0.5, 0.6) is 5.75 Å². The number of aromatic nitrogens is 1. The highest BCUT2D eigenvalue weighted by atomic mass is 16.3. The fourth-order valence-corrected chi connectivity index (χ4v) is 4.18. The highest BCUT2D eigenvalue weighted by molar-refractivity contribution is 6.08. The highest BCUT2D eigenvalue weighted by Gasteiger charge is 2.23. The number of carbonyl (C=O) groups is 1. The zero-order chi connectivity index (χ0) is 22.1. The Kier molecular flexibility index (Phi) is 5.69. The number of benzene rings is 2. The van der Waals surface area contributed by atoms with Crippen LogP contribution in [-0.4, -0.2) is 39.9 Å². The zero-order valence-electron chi connectivity index (χ0n) is 17.7. The molecule has 0 saturated carbocycles. The van der Waals surface area contributed by atoms with Crippen LogP contribution < -0.4 is 15.8 Å². The van der Waals surface area contributed by atoms with Gasteiger partial charge >= 0.3 is 0 Å². The van der Waals surface area contributed by atoms with Gasteiger partial charge in [-0.05, 0) is 43.5 Å². The van der Waals surface area contributed by atoms with Crippen molar-refractivity contribution >= 4 is 22.5 Å². The maximum Gasteiger partial charge on any atom is 0.293 e. The number of para-hydroxylation sites is 1. The number of aromatic hydroxyl groups is 1. The topological polar surface area (TPSA) is 94.8 Å². The summed E-state index contributed by atoms with van der Waals surface area (Å²) in [6.07, 6.45) is 1.25. The fraction of sp³-hybridized carbons (Fsp3) is 0.333. The van der Waals surface area contributed by atoms with Gasteiger partial charge < -0.3 is 25.0 Å². The third-order valence-corrected chi connectivity index (χ3v) is 6.05. The number of aliphatic hydroxyl groups is 1. The summed E-state index contributed by atoms with van der Waals surface area (Å²) < 4.78 is 1.34. The van der Waals surface area contributed by atoms with E-state index in [4.69, 9.17) is 0 Å². The van der Waals surface area contributed by atoms with E-state index in [0.29, 0.717) is 10.9 Å². The molecule has 1 saturated heterocycles. The minimum absolute atomic E-state index is 0.00766. The predicted molar refractivity (Wildman–Crippen MR) is 121 cm³/mol. The van der Waals surface area contributed by atoms with Gasteiger partial charge in [-0.15, -0.1) is 0 Å². The normalized spacial score (nSPS) is 15.8. The lowest BCUT2D eigenvalue weighted by Crippen LogP contribution is -2.36. The van der Waals surface area contributed by atoms with Crippen LogP contribution in [0.1, 0.15) is 41.7 Å². The van der Waals surface area contributed by atoms with Crippen LogP contribution in [0.25, 0.3) is 10.9 Å². The number of aryl methyl sites for hydroxylation is 1. The average Bonchev–Trinajstić information content (AvgIpc) is 2.78. The van der Waals surface area contributed by atoms with Crippen LogP contribution in [0.15, 0.2) is 53.3 Å². The largest absolute Gasteiger partial charge is 0.502 e. The number of aliphatic hydroxyl groups excluding tert-OH is 1. The second kappa shape index (κ2) is 8.43. The number of nitrogens with zero attached hydrogens (tertiary/aromatic N) is 2. The van der Waals surface area contributed by atoms with Crippen molar-refractivity contribution < 1.29 is 15.0 Å². The van der Waals surface area contributed by atoms with Crippen molar-refractivity contribution in [1.82, 2.24) is 9.88 Å². The Morgan fingerprint density at radius 2 is 1.84 bits per heavy atom. The SMILES string of the molecule is CC(NC(=O)c1c(O)c(=O)n(C)c2ccccc12)c1cccc(N2CCC(O)CC2)c1. The first kappa shape index (κ1) is 20.9. The smallest absolute Gasteiger partial charge is 0.293 e. The fourth-order valence-electron chi connectivity index (χ4n) is 4.18. The Hall–Kier alpha value is -3.32. The molecule has 7 heteroatoms. The van der Waals surface area contributed by atoms with Gasteiger partial charge in [0.25, 0.3) is 11.5 Å². The molecule has 1 amide bonds. The summed E-state index contributed by atoms with van der Waals surface area (Å²) in [6, 6.07) is 14.6. The molecule has 4 rings (SSSR count). The molecule has 1 aliphatic heterocycles. The second-order valence-electron chi connectivity index (χ2n) is 8.11. The Labute approximate surface area is 180 Å². The van der Waals surface area contributed by atoms with Crippen LogP contribution >= 0.6 is 0 Å². The van der Waals surface area contributed by atoms with Crippen molar-refractivity contribution in [3.8, 4) is 5.75 Å². The standard InChI is InChI=1S/C24H27N3O4/c1-15(16-6-5-7-17(14-16)27-12-10-18(28)11-13-27)25-23(30)21-19-8-3-4-9-20(19)26(2)24(31)22(21)29/h3-9,14-15,18,28-29H,10-13H2,1-2H3,(H,25,30). The van der Waals surface area contributed by atoms with Gasteiger partial charge in [0, 0.05) is 31.2 Å². The molecule has 31 heavy (non-hydrogen) atoms. The summed E-state index contributed by atoms with van der Waals surface area (Å²) in [6.45, 7) is 3.45. The van der Waals surface area contributed by atoms with E-state index in [1.165, 1.54) is 4.57 Å². The third-order valence-electron chi connectivity index (χ3n) is 6.05. The number of nitrogens with one attached hydrogen (secondary N) is 1. The van der Waals surface area contributed by atoms with E-state index in [2.05, 4.69) is 10.2 Å². The first-order valence-corrected chi connectivity index (χ1v) is 10.5. The number of pyridine rings is 1. The van der Waals surface area contributed by atoms with Gasteiger partial charge in [0.1, 0.15) is 0 Å². The van der Waals surface area contributed by atoms with Gasteiger partial charge in [0.15, 0.2) is 5.75 Å². The Bertz CT molecular complexity index is 1180. The van der Waals surface area contributed by atoms with Crippen LogP contribution in [0, 0.1) is 0 Å². The van der Waals surface area contributed by atoms with Crippen molar-refractivity contribution in [2.75, 3.05) is 18.0 Å². The van der Waals surface area contributed by atoms with E-state index in [0.717, 1.165) is 37.2 Å². The molecular weight excluding hydrogens is 394 g/mol. The first-order chi connectivity index (χ1) is 14.9. The number of hydrogen-bond donors (Lipinski definition) is 3. The summed E-state index contributed by atoms with van der Waals surface area (Å²) in [5, 5.41) is 23.6. The molecule has 0 radical (unpaired) electrons. The van der Waals surface area contributed by atoms with E-state index in [1.807, 2.05) is 31.2 Å². The molecule has 3 N–H and O–H groups in total. The van der Waals surface area contributed by atoms with Gasteiger partial charge in [0.2, 0.25) is 0 Å².